The van der Waals surface area contributed by atoms with E-state index in [1.165, 1.54) is 0 Å². The van der Waals surface area contributed by atoms with E-state index < -0.39 is 0 Å². The number of benzene rings is 1. The molecule has 0 amide bonds. The van der Waals surface area contributed by atoms with Gasteiger partial charge in [-0.1, -0.05) is 13.8 Å². The molecule has 0 aromatic heterocycles. The number of ether oxygens (including phenoxy) is 1. The topological polar surface area (TPSA) is 36.3 Å². The van der Waals surface area contributed by atoms with E-state index in [0.717, 1.165) is 18.8 Å². The Morgan fingerprint density at radius 2 is 1.79 bits per heavy atom. The second kappa shape index (κ2) is 7.81. The number of rotatable bonds is 7. The van der Waals surface area contributed by atoms with Crippen molar-refractivity contribution in [1.82, 2.24) is 4.90 Å². The van der Waals surface area contributed by atoms with Gasteiger partial charge in [-0.3, -0.25) is 4.90 Å². The van der Waals surface area contributed by atoms with Gasteiger partial charge in [-0.05, 0) is 44.0 Å². The summed E-state index contributed by atoms with van der Waals surface area (Å²) in [6.45, 7) is 11.6. The molecule has 0 saturated heterocycles. The lowest BCUT2D eigenvalue weighted by Gasteiger charge is -2.28. The smallest absolute Gasteiger partial charge is 0.119 e. The third-order valence-corrected chi connectivity index (χ3v) is 2.96. The van der Waals surface area contributed by atoms with E-state index in [0.29, 0.717) is 24.1 Å². The summed E-state index contributed by atoms with van der Waals surface area (Å²) >= 11 is 0. The second-order valence-corrected chi connectivity index (χ2v) is 5.47. The van der Waals surface area contributed by atoms with Crippen LogP contribution in [0.4, 0.5) is 0 Å². The maximum Gasteiger partial charge on any atom is 0.119 e. The van der Waals surface area contributed by atoms with Gasteiger partial charge in [0.05, 0.1) is 11.6 Å². The van der Waals surface area contributed by atoms with E-state index in [-0.39, 0.29) is 0 Å². The van der Waals surface area contributed by atoms with E-state index in [2.05, 4.69) is 38.7 Å². The summed E-state index contributed by atoms with van der Waals surface area (Å²) in [4.78, 5) is 2.42. The highest BCUT2D eigenvalue weighted by Crippen LogP contribution is 2.12. The highest BCUT2D eigenvalue weighted by Gasteiger charge is 2.10. The molecule has 19 heavy (non-hydrogen) atoms. The summed E-state index contributed by atoms with van der Waals surface area (Å²) in [5, 5.41) is 8.72. The Morgan fingerprint density at radius 1 is 1.16 bits per heavy atom. The van der Waals surface area contributed by atoms with Gasteiger partial charge in [-0.2, -0.15) is 5.26 Å². The monoisotopic (exact) mass is 260 g/mol. The van der Waals surface area contributed by atoms with Crippen LogP contribution in [-0.2, 0) is 0 Å². The lowest BCUT2D eigenvalue weighted by atomic mass is 10.2. The van der Waals surface area contributed by atoms with E-state index >= 15 is 0 Å². The molecule has 0 aliphatic heterocycles. The molecule has 0 heterocycles. The van der Waals surface area contributed by atoms with Crippen molar-refractivity contribution in [2.75, 3.05) is 19.7 Å². The van der Waals surface area contributed by atoms with Gasteiger partial charge >= 0.3 is 0 Å². The van der Waals surface area contributed by atoms with Crippen LogP contribution in [0.25, 0.3) is 0 Å². The molecule has 0 unspecified atom stereocenters. The first-order chi connectivity index (χ1) is 9.02. The zero-order valence-electron chi connectivity index (χ0n) is 12.4. The van der Waals surface area contributed by atoms with Crippen molar-refractivity contribution >= 4 is 0 Å². The van der Waals surface area contributed by atoms with E-state index in [9.17, 15) is 0 Å². The Kier molecular flexibility index (Phi) is 6.38. The van der Waals surface area contributed by atoms with Crippen molar-refractivity contribution in [3.05, 3.63) is 29.8 Å². The molecule has 0 bridgehead atoms. The van der Waals surface area contributed by atoms with E-state index in [4.69, 9.17) is 10.00 Å². The number of hydrogen-bond donors (Lipinski definition) is 0. The van der Waals surface area contributed by atoms with Crippen molar-refractivity contribution in [1.29, 1.82) is 5.26 Å². The fourth-order valence-corrected chi connectivity index (χ4v) is 1.94. The van der Waals surface area contributed by atoms with Crippen LogP contribution in [0.5, 0.6) is 5.75 Å². The Hall–Kier alpha value is -1.53. The fraction of sp³-hybridized carbons (Fsp3) is 0.562. The van der Waals surface area contributed by atoms with Crippen molar-refractivity contribution in [2.45, 2.75) is 33.7 Å². The quantitative estimate of drug-likeness (QED) is 0.754. The number of nitriles is 1. The van der Waals surface area contributed by atoms with Crippen LogP contribution >= 0.6 is 0 Å². The second-order valence-electron chi connectivity index (χ2n) is 5.47. The molecule has 0 radical (unpaired) electrons. The molecular weight excluding hydrogens is 236 g/mol. The summed E-state index contributed by atoms with van der Waals surface area (Å²) < 4.78 is 5.72. The van der Waals surface area contributed by atoms with Crippen LogP contribution in [0.15, 0.2) is 24.3 Å². The lowest BCUT2D eigenvalue weighted by molar-refractivity contribution is 0.160. The first-order valence-electron chi connectivity index (χ1n) is 6.90. The van der Waals surface area contributed by atoms with Crippen LogP contribution in [0.3, 0.4) is 0 Å². The minimum Gasteiger partial charge on any atom is -0.492 e. The normalized spacial score (nSPS) is 11.1. The predicted octanol–water partition coefficient (Wildman–Crippen LogP) is 3.30. The van der Waals surface area contributed by atoms with Crippen LogP contribution in [0, 0.1) is 17.2 Å². The Morgan fingerprint density at radius 3 is 2.26 bits per heavy atom. The van der Waals surface area contributed by atoms with Gasteiger partial charge in [0.2, 0.25) is 0 Å². The predicted molar refractivity (Wildman–Crippen MR) is 78.2 cm³/mol. The van der Waals surface area contributed by atoms with E-state index in [1.54, 1.807) is 12.1 Å². The van der Waals surface area contributed by atoms with Crippen molar-refractivity contribution < 1.29 is 4.74 Å². The molecule has 0 fully saturated rings. The highest BCUT2D eigenvalue weighted by molar-refractivity contribution is 5.34. The van der Waals surface area contributed by atoms with Gasteiger partial charge in [0.25, 0.3) is 0 Å². The fourth-order valence-electron chi connectivity index (χ4n) is 1.94. The van der Waals surface area contributed by atoms with Crippen molar-refractivity contribution in [2.24, 2.45) is 5.92 Å². The van der Waals surface area contributed by atoms with Gasteiger partial charge in [0.1, 0.15) is 12.4 Å². The molecule has 3 nitrogen and oxygen atoms in total. The summed E-state index contributed by atoms with van der Waals surface area (Å²) in [7, 11) is 0. The molecule has 0 saturated carbocycles. The zero-order valence-corrected chi connectivity index (χ0v) is 12.4. The maximum absolute atomic E-state index is 8.72. The summed E-state index contributed by atoms with van der Waals surface area (Å²) in [6, 6.07) is 9.89. The molecule has 0 N–H and O–H groups in total. The minimum atomic E-state index is 0.534. The molecule has 3 heteroatoms. The molecule has 1 aromatic carbocycles. The van der Waals surface area contributed by atoms with Gasteiger partial charge in [-0.25, -0.2) is 0 Å². The SMILES string of the molecule is CC(C)CN(CCOc1ccc(C#N)cc1)C(C)C. The van der Waals surface area contributed by atoms with Gasteiger partial charge in [0.15, 0.2) is 0 Å². The average molecular weight is 260 g/mol. The third kappa shape index (κ3) is 5.76. The molecule has 0 aliphatic carbocycles. The number of nitrogens with zero attached hydrogens (tertiary/aromatic N) is 2. The molecule has 0 spiro atoms. The van der Waals surface area contributed by atoms with Crippen LogP contribution < -0.4 is 4.74 Å². The Bertz CT molecular complexity index is 404. The lowest BCUT2D eigenvalue weighted by Crippen LogP contribution is -2.37. The largest absolute Gasteiger partial charge is 0.492 e. The van der Waals surface area contributed by atoms with Gasteiger partial charge in [-0.15, -0.1) is 0 Å². The molecule has 1 aromatic rings. The molecular formula is C16H24N2O. The molecule has 1 rings (SSSR count). The van der Waals surface area contributed by atoms with Crippen molar-refractivity contribution in [3.63, 3.8) is 0 Å². The summed E-state index contributed by atoms with van der Waals surface area (Å²) in [6.07, 6.45) is 0. The third-order valence-electron chi connectivity index (χ3n) is 2.96. The molecule has 0 atom stereocenters. The minimum absolute atomic E-state index is 0.534. The Balaban J connectivity index is 2.40. The van der Waals surface area contributed by atoms with Crippen LogP contribution in [0.1, 0.15) is 33.3 Å². The van der Waals surface area contributed by atoms with E-state index in [1.807, 2.05) is 12.1 Å². The zero-order chi connectivity index (χ0) is 14.3. The Labute approximate surface area is 116 Å². The summed E-state index contributed by atoms with van der Waals surface area (Å²) in [5.41, 5.74) is 0.663. The first-order valence-corrected chi connectivity index (χ1v) is 6.90. The molecule has 0 aliphatic rings. The van der Waals surface area contributed by atoms with Gasteiger partial charge < -0.3 is 4.74 Å². The summed E-state index contributed by atoms with van der Waals surface area (Å²) in [5.74, 6) is 1.49. The highest BCUT2D eigenvalue weighted by atomic mass is 16.5. The maximum atomic E-state index is 8.72. The van der Waals surface area contributed by atoms with Gasteiger partial charge in [0, 0.05) is 19.1 Å². The molecule has 104 valence electrons. The first kappa shape index (κ1) is 15.5. The average Bonchev–Trinajstić information content (AvgIpc) is 2.37. The van der Waals surface area contributed by atoms with Crippen LogP contribution in [-0.4, -0.2) is 30.6 Å². The van der Waals surface area contributed by atoms with Crippen molar-refractivity contribution in [3.8, 4) is 11.8 Å². The number of hydrogen-bond acceptors (Lipinski definition) is 3. The standard InChI is InChI=1S/C16H24N2O/c1-13(2)12-18(14(3)4)9-10-19-16-7-5-15(11-17)6-8-16/h5-8,13-14H,9-10,12H2,1-4H3. The van der Waals surface area contributed by atoms with Crippen LogP contribution in [0.2, 0.25) is 0 Å².